The predicted molar refractivity (Wildman–Crippen MR) is 71.9 cm³/mol. The lowest BCUT2D eigenvalue weighted by molar-refractivity contribution is 0.0691. The molecule has 0 unspecified atom stereocenters. The van der Waals surface area contributed by atoms with Gasteiger partial charge >= 0.3 is 5.97 Å². The lowest BCUT2D eigenvalue weighted by Gasteiger charge is -2.15. The van der Waals surface area contributed by atoms with Crippen molar-refractivity contribution < 1.29 is 9.90 Å². The fourth-order valence-electron chi connectivity index (χ4n) is 1.78. The first-order chi connectivity index (χ1) is 9.00. The molecule has 1 aromatic carbocycles. The van der Waals surface area contributed by atoms with Crippen molar-refractivity contribution in [1.29, 1.82) is 0 Å². The predicted octanol–water partition coefficient (Wildman–Crippen LogP) is 1.74. The zero-order chi connectivity index (χ0) is 14.0. The maximum atomic E-state index is 11.1. The number of anilines is 1. The van der Waals surface area contributed by atoms with E-state index in [4.69, 9.17) is 16.7 Å². The summed E-state index contributed by atoms with van der Waals surface area (Å²) in [4.78, 5) is 12.8. The Morgan fingerprint density at radius 3 is 2.68 bits per heavy atom. The first kappa shape index (κ1) is 13.4. The Labute approximate surface area is 115 Å². The molecule has 6 nitrogen and oxygen atoms in total. The van der Waals surface area contributed by atoms with Crippen LogP contribution in [0.3, 0.4) is 0 Å². The van der Waals surface area contributed by atoms with Gasteiger partial charge in [0.2, 0.25) is 5.69 Å². The highest BCUT2D eigenvalue weighted by Crippen LogP contribution is 2.21. The third-order valence-electron chi connectivity index (χ3n) is 2.61. The fraction of sp³-hybridized carbons (Fsp3) is 0.250. The highest BCUT2D eigenvalue weighted by Gasteiger charge is 2.21. The Morgan fingerprint density at radius 1 is 1.42 bits per heavy atom. The summed E-state index contributed by atoms with van der Waals surface area (Å²) >= 11 is 6.08. The van der Waals surface area contributed by atoms with E-state index >= 15 is 0 Å². The van der Waals surface area contributed by atoms with Crippen LogP contribution in [-0.2, 0) is 6.54 Å². The number of carbonyl (C=O) groups is 1. The van der Waals surface area contributed by atoms with Gasteiger partial charge < -0.3 is 10.0 Å². The number of aromatic carboxylic acids is 1. The van der Waals surface area contributed by atoms with Crippen LogP contribution in [0.25, 0.3) is 0 Å². The van der Waals surface area contributed by atoms with E-state index < -0.39 is 5.97 Å². The largest absolute Gasteiger partial charge is 0.476 e. The quantitative estimate of drug-likeness (QED) is 0.924. The molecule has 0 radical (unpaired) electrons. The van der Waals surface area contributed by atoms with Crippen molar-refractivity contribution in [3.8, 4) is 0 Å². The topological polar surface area (TPSA) is 71.2 Å². The van der Waals surface area contributed by atoms with Crippen molar-refractivity contribution in [1.82, 2.24) is 15.0 Å². The number of carboxylic acid groups (broad SMARTS) is 1. The summed E-state index contributed by atoms with van der Waals surface area (Å²) in [6.07, 6.45) is 0. The number of aromatic nitrogens is 3. The number of benzene rings is 1. The molecule has 0 atom stereocenters. The summed E-state index contributed by atoms with van der Waals surface area (Å²) in [5.74, 6) is -0.665. The van der Waals surface area contributed by atoms with E-state index in [1.807, 2.05) is 18.2 Å². The lowest BCUT2D eigenvalue weighted by atomic mass is 10.2. The second-order valence-electron chi connectivity index (χ2n) is 4.21. The summed E-state index contributed by atoms with van der Waals surface area (Å²) in [7, 11) is 3.49. The minimum atomic E-state index is -1.10. The molecule has 0 saturated carbocycles. The Balaban J connectivity index is 2.41. The molecule has 1 heterocycles. The van der Waals surface area contributed by atoms with Crippen LogP contribution in [0.15, 0.2) is 24.3 Å². The van der Waals surface area contributed by atoms with Gasteiger partial charge in [-0.15, -0.1) is 5.10 Å². The molecule has 0 fully saturated rings. The smallest absolute Gasteiger partial charge is 0.360 e. The standard InChI is InChI=1S/C12H13ClN4O2/c1-16(2)11-10(12(18)19)14-15-17(11)7-8-5-3-4-6-9(8)13/h3-6H,7H2,1-2H3,(H,18,19). The van der Waals surface area contributed by atoms with E-state index in [9.17, 15) is 4.79 Å². The van der Waals surface area contributed by atoms with Crippen LogP contribution in [-0.4, -0.2) is 40.2 Å². The molecule has 0 amide bonds. The molecule has 2 aromatic rings. The second-order valence-corrected chi connectivity index (χ2v) is 4.62. The first-order valence-electron chi connectivity index (χ1n) is 5.58. The van der Waals surface area contributed by atoms with Crippen LogP contribution in [0.1, 0.15) is 16.1 Å². The van der Waals surface area contributed by atoms with E-state index in [0.29, 0.717) is 17.4 Å². The summed E-state index contributed by atoms with van der Waals surface area (Å²) in [6, 6.07) is 7.35. The van der Waals surface area contributed by atoms with Gasteiger partial charge in [-0.2, -0.15) is 0 Å². The molecule has 7 heteroatoms. The van der Waals surface area contributed by atoms with Crippen molar-refractivity contribution >= 4 is 23.4 Å². The molecule has 0 aliphatic carbocycles. The van der Waals surface area contributed by atoms with E-state index in [-0.39, 0.29) is 5.69 Å². The van der Waals surface area contributed by atoms with E-state index in [2.05, 4.69) is 10.3 Å². The van der Waals surface area contributed by atoms with Crippen molar-refractivity contribution in [3.63, 3.8) is 0 Å². The van der Waals surface area contributed by atoms with Gasteiger partial charge in [-0.05, 0) is 11.6 Å². The zero-order valence-electron chi connectivity index (χ0n) is 10.5. The van der Waals surface area contributed by atoms with Gasteiger partial charge in [0.25, 0.3) is 0 Å². The van der Waals surface area contributed by atoms with Crippen molar-refractivity contribution in [2.75, 3.05) is 19.0 Å². The van der Waals surface area contributed by atoms with Crippen LogP contribution < -0.4 is 4.90 Å². The van der Waals surface area contributed by atoms with E-state index in [0.717, 1.165) is 5.56 Å². The molecule has 0 aliphatic heterocycles. The summed E-state index contributed by atoms with van der Waals surface area (Å²) in [5, 5.41) is 17.3. The van der Waals surface area contributed by atoms with Crippen LogP contribution in [0.2, 0.25) is 5.02 Å². The van der Waals surface area contributed by atoms with Crippen LogP contribution in [0, 0.1) is 0 Å². The molecule has 19 heavy (non-hydrogen) atoms. The van der Waals surface area contributed by atoms with Crippen LogP contribution >= 0.6 is 11.6 Å². The van der Waals surface area contributed by atoms with Crippen molar-refractivity contribution in [2.24, 2.45) is 0 Å². The van der Waals surface area contributed by atoms with Gasteiger partial charge in [0.1, 0.15) is 0 Å². The number of nitrogens with zero attached hydrogens (tertiary/aromatic N) is 4. The van der Waals surface area contributed by atoms with Gasteiger partial charge in [0, 0.05) is 19.1 Å². The van der Waals surface area contributed by atoms with Gasteiger partial charge in [-0.25, -0.2) is 9.48 Å². The van der Waals surface area contributed by atoms with Gasteiger partial charge in [-0.1, -0.05) is 35.0 Å². The average molecular weight is 281 g/mol. The molecule has 100 valence electrons. The van der Waals surface area contributed by atoms with Crippen molar-refractivity contribution in [2.45, 2.75) is 6.54 Å². The average Bonchev–Trinajstić information content (AvgIpc) is 2.76. The molecule has 0 bridgehead atoms. The third-order valence-corrected chi connectivity index (χ3v) is 2.98. The highest BCUT2D eigenvalue weighted by atomic mass is 35.5. The highest BCUT2D eigenvalue weighted by molar-refractivity contribution is 6.31. The van der Waals surface area contributed by atoms with Crippen LogP contribution in [0.4, 0.5) is 5.82 Å². The second kappa shape index (κ2) is 5.27. The molecule has 0 spiro atoms. The monoisotopic (exact) mass is 280 g/mol. The first-order valence-corrected chi connectivity index (χ1v) is 5.96. The maximum Gasteiger partial charge on any atom is 0.360 e. The normalized spacial score (nSPS) is 10.5. The van der Waals surface area contributed by atoms with E-state index in [1.54, 1.807) is 25.1 Å². The molecular formula is C12H13ClN4O2. The minimum absolute atomic E-state index is 0.0722. The number of halogens is 1. The van der Waals surface area contributed by atoms with Crippen LogP contribution in [0.5, 0.6) is 0 Å². The Bertz CT molecular complexity index is 610. The number of carboxylic acids is 1. The number of rotatable bonds is 4. The van der Waals surface area contributed by atoms with E-state index in [1.165, 1.54) is 4.68 Å². The zero-order valence-corrected chi connectivity index (χ0v) is 11.3. The Hall–Kier alpha value is -2.08. The van der Waals surface area contributed by atoms with Crippen molar-refractivity contribution in [3.05, 3.63) is 40.5 Å². The van der Waals surface area contributed by atoms with Gasteiger partial charge in [-0.3, -0.25) is 0 Å². The summed E-state index contributed by atoms with van der Waals surface area (Å²) in [5.41, 5.74) is 0.783. The minimum Gasteiger partial charge on any atom is -0.476 e. The molecule has 2 rings (SSSR count). The Morgan fingerprint density at radius 2 is 2.11 bits per heavy atom. The molecule has 0 saturated heterocycles. The summed E-state index contributed by atoms with van der Waals surface area (Å²) in [6.45, 7) is 0.369. The Kier molecular flexibility index (Phi) is 3.71. The number of hydrogen-bond donors (Lipinski definition) is 1. The third kappa shape index (κ3) is 2.68. The van der Waals surface area contributed by atoms with Gasteiger partial charge in [0.05, 0.1) is 6.54 Å². The van der Waals surface area contributed by atoms with Gasteiger partial charge in [0.15, 0.2) is 5.82 Å². The maximum absolute atomic E-state index is 11.1. The fourth-order valence-corrected chi connectivity index (χ4v) is 1.98. The lowest BCUT2D eigenvalue weighted by Crippen LogP contribution is -2.18. The number of hydrogen-bond acceptors (Lipinski definition) is 4. The molecule has 1 aromatic heterocycles. The SMILES string of the molecule is CN(C)c1c(C(=O)O)nnn1Cc1ccccc1Cl. The molecule has 1 N–H and O–H groups in total. The molecule has 0 aliphatic rings. The summed E-state index contributed by atoms with van der Waals surface area (Å²) < 4.78 is 1.52. The molecular weight excluding hydrogens is 268 g/mol.